The van der Waals surface area contributed by atoms with E-state index in [0.29, 0.717) is 21.7 Å². The fourth-order valence-corrected chi connectivity index (χ4v) is 3.51. The predicted molar refractivity (Wildman–Crippen MR) is 95.1 cm³/mol. The van der Waals surface area contributed by atoms with Gasteiger partial charge in [-0.15, -0.1) is 11.8 Å². The SMILES string of the molecule is CC(C)(C)OC(=O)N1CSC[C@@H]1C(=O)NCc1ccc(Br)c(F)c1. The second-order valence-corrected chi connectivity index (χ2v) is 8.29. The van der Waals surface area contributed by atoms with E-state index in [1.54, 1.807) is 32.9 Å². The fraction of sp³-hybridized carbons (Fsp3) is 0.500. The van der Waals surface area contributed by atoms with Gasteiger partial charge < -0.3 is 10.1 Å². The summed E-state index contributed by atoms with van der Waals surface area (Å²) in [4.78, 5) is 26.0. The molecular formula is C16H20BrFN2O3S. The van der Waals surface area contributed by atoms with Gasteiger partial charge in [0.05, 0.1) is 10.3 Å². The minimum absolute atomic E-state index is 0.201. The highest BCUT2D eigenvalue weighted by Crippen LogP contribution is 2.24. The molecule has 1 aliphatic heterocycles. The van der Waals surface area contributed by atoms with E-state index in [9.17, 15) is 14.0 Å². The van der Waals surface area contributed by atoms with Crippen LogP contribution in [0, 0.1) is 5.82 Å². The van der Waals surface area contributed by atoms with Crippen LogP contribution in [0.1, 0.15) is 26.3 Å². The molecule has 1 aromatic rings. The van der Waals surface area contributed by atoms with Crippen LogP contribution >= 0.6 is 27.7 Å². The number of carbonyl (C=O) groups excluding carboxylic acids is 2. The topological polar surface area (TPSA) is 58.6 Å². The molecule has 1 N–H and O–H groups in total. The number of nitrogens with one attached hydrogen (secondary N) is 1. The first-order valence-corrected chi connectivity index (χ1v) is 9.41. The number of amides is 2. The monoisotopic (exact) mass is 418 g/mol. The van der Waals surface area contributed by atoms with Crippen LogP contribution in [0.25, 0.3) is 0 Å². The van der Waals surface area contributed by atoms with Crippen LogP contribution in [0.15, 0.2) is 22.7 Å². The molecule has 0 saturated carbocycles. The Morgan fingerprint density at radius 2 is 2.17 bits per heavy atom. The summed E-state index contributed by atoms with van der Waals surface area (Å²) in [5.74, 6) is 0.280. The predicted octanol–water partition coefficient (Wildman–Crippen LogP) is 3.51. The summed E-state index contributed by atoms with van der Waals surface area (Å²) in [6.45, 7) is 5.55. The smallest absolute Gasteiger partial charge is 0.411 e. The molecule has 2 rings (SSSR count). The lowest BCUT2D eigenvalue weighted by molar-refractivity contribution is -0.125. The summed E-state index contributed by atoms with van der Waals surface area (Å²) < 4.78 is 19.2. The molecule has 0 spiro atoms. The Labute approximate surface area is 153 Å². The van der Waals surface area contributed by atoms with E-state index in [1.807, 2.05) is 0 Å². The van der Waals surface area contributed by atoms with Crippen molar-refractivity contribution in [1.82, 2.24) is 10.2 Å². The zero-order valence-corrected chi connectivity index (χ0v) is 16.2. The third kappa shape index (κ3) is 5.11. The lowest BCUT2D eigenvalue weighted by Gasteiger charge is -2.27. The van der Waals surface area contributed by atoms with Crippen LogP contribution in [-0.2, 0) is 16.1 Å². The molecule has 0 bridgehead atoms. The van der Waals surface area contributed by atoms with Gasteiger partial charge in [-0.25, -0.2) is 9.18 Å². The van der Waals surface area contributed by atoms with Crippen molar-refractivity contribution in [2.24, 2.45) is 0 Å². The lowest BCUT2D eigenvalue weighted by Crippen LogP contribution is -2.48. The van der Waals surface area contributed by atoms with Gasteiger partial charge in [0.1, 0.15) is 17.5 Å². The highest BCUT2D eigenvalue weighted by atomic mass is 79.9. The number of ether oxygens (including phenoxy) is 1. The van der Waals surface area contributed by atoms with Gasteiger partial charge in [0.2, 0.25) is 5.91 Å². The molecule has 1 aromatic carbocycles. The van der Waals surface area contributed by atoms with Crippen LogP contribution in [0.4, 0.5) is 9.18 Å². The maximum absolute atomic E-state index is 13.5. The van der Waals surface area contributed by atoms with Crippen LogP contribution in [0.2, 0.25) is 0 Å². The molecule has 0 aliphatic carbocycles. The van der Waals surface area contributed by atoms with Crippen molar-refractivity contribution in [2.75, 3.05) is 11.6 Å². The first kappa shape index (κ1) is 19.1. The van der Waals surface area contributed by atoms with E-state index in [2.05, 4.69) is 21.2 Å². The Morgan fingerprint density at radius 3 is 2.79 bits per heavy atom. The Balaban J connectivity index is 1.95. The van der Waals surface area contributed by atoms with E-state index in [0.717, 1.165) is 0 Å². The molecule has 8 heteroatoms. The van der Waals surface area contributed by atoms with Gasteiger partial charge in [-0.3, -0.25) is 9.69 Å². The van der Waals surface area contributed by atoms with E-state index in [4.69, 9.17) is 4.74 Å². The first-order chi connectivity index (χ1) is 11.2. The summed E-state index contributed by atoms with van der Waals surface area (Å²) in [6.07, 6.45) is -0.498. The highest BCUT2D eigenvalue weighted by Gasteiger charge is 2.36. The Morgan fingerprint density at radius 1 is 1.46 bits per heavy atom. The summed E-state index contributed by atoms with van der Waals surface area (Å²) in [5, 5.41) is 2.75. The molecule has 1 heterocycles. The molecule has 1 atom stereocenters. The quantitative estimate of drug-likeness (QED) is 0.815. The molecule has 132 valence electrons. The Bertz CT molecular complexity index is 636. The van der Waals surface area contributed by atoms with Gasteiger partial charge in [-0.2, -0.15) is 0 Å². The number of halogens is 2. The van der Waals surface area contributed by atoms with E-state index in [-0.39, 0.29) is 18.3 Å². The van der Waals surface area contributed by atoms with Gasteiger partial charge in [0, 0.05) is 12.3 Å². The van der Waals surface area contributed by atoms with Crippen molar-refractivity contribution in [3.05, 3.63) is 34.1 Å². The van der Waals surface area contributed by atoms with Crippen molar-refractivity contribution in [3.63, 3.8) is 0 Å². The molecule has 2 amide bonds. The molecule has 0 aromatic heterocycles. The van der Waals surface area contributed by atoms with Gasteiger partial charge in [-0.05, 0) is 54.4 Å². The molecule has 24 heavy (non-hydrogen) atoms. The second-order valence-electron chi connectivity index (χ2n) is 6.43. The third-order valence-electron chi connectivity index (χ3n) is 3.26. The van der Waals surface area contributed by atoms with Crippen molar-refractivity contribution < 1.29 is 18.7 Å². The van der Waals surface area contributed by atoms with Crippen molar-refractivity contribution in [2.45, 2.75) is 39.0 Å². The molecular weight excluding hydrogens is 399 g/mol. The normalized spacial score (nSPS) is 17.7. The second kappa shape index (κ2) is 7.74. The number of benzene rings is 1. The van der Waals surface area contributed by atoms with Crippen molar-refractivity contribution in [3.8, 4) is 0 Å². The summed E-state index contributed by atoms with van der Waals surface area (Å²) >= 11 is 4.58. The van der Waals surface area contributed by atoms with Crippen LogP contribution in [0.3, 0.4) is 0 Å². The number of hydrogen-bond donors (Lipinski definition) is 1. The number of thioether (sulfide) groups is 1. The maximum atomic E-state index is 13.5. The molecule has 1 saturated heterocycles. The number of rotatable bonds is 3. The van der Waals surface area contributed by atoms with Gasteiger partial charge in [0.15, 0.2) is 0 Å². The van der Waals surface area contributed by atoms with Crippen molar-refractivity contribution in [1.29, 1.82) is 0 Å². The van der Waals surface area contributed by atoms with Crippen LogP contribution in [-0.4, -0.2) is 40.2 Å². The summed E-state index contributed by atoms with van der Waals surface area (Å²) in [5.41, 5.74) is 0.0406. The highest BCUT2D eigenvalue weighted by molar-refractivity contribution is 9.10. The molecule has 1 fully saturated rings. The lowest BCUT2D eigenvalue weighted by atomic mass is 10.2. The number of nitrogens with zero attached hydrogens (tertiary/aromatic N) is 1. The number of carbonyl (C=O) groups is 2. The van der Waals surface area contributed by atoms with E-state index in [1.165, 1.54) is 22.7 Å². The fourth-order valence-electron chi connectivity index (χ4n) is 2.12. The average molecular weight is 419 g/mol. The van der Waals surface area contributed by atoms with Gasteiger partial charge in [0.25, 0.3) is 0 Å². The Hall–Kier alpha value is -1.28. The van der Waals surface area contributed by atoms with Gasteiger partial charge in [-0.1, -0.05) is 6.07 Å². The van der Waals surface area contributed by atoms with E-state index >= 15 is 0 Å². The first-order valence-electron chi connectivity index (χ1n) is 7.46. The van der Waals surface area contributed by atoms with Crippen molar-refractivity contribution >= 4 is 39.7 Å². The zero-order valence-electron chi connectivity index (χ0n) is 13.8. The molecule has 0 radical (unpaired) electrons. The minimum atomic E-state index is -0.611. The molecule has 1 aliphatic rings. The zero-order chi connectivity index (χ0) is 17.9. The van der Waals surface area contributed by atoms with Gasteiger partial charge >= 0.3 is 6.09 Å². The molecule has 0 unspecified atom stereocenters. The van der Waals surface area contributed by atoms with Crippen LogP contribution < -0.4 is 5.32 Å². The average Bonchev–Trinajstić information content (AvgIpc) is 2.96. The Kier molecular flexibility index (Phi) is 6.14. The van der Waals surface area contributed by atoms with E-state index < -0.39 is 17.7 Å². The molecule has 5 nitrogen and oxygen atoms in total. The largest absolute Gasteiger partial charge is 0.444 e. The standard InChI is InChI=1S/C16H20BrFN2O3S/c1-16(2,3)23-15(22)20-9-24-8-13(20)14(21)19-7-10-4-5-11(17)12(18)6-10/h4-6,13H,7-9H2,1-3H3,(H,19,21)/t13-/m1/s1. The number of hydrogen-bond acceptors (Lipinski definition) is 4. The summed E-state index contributed by atoms with van der Waals surface area (Å²) in [6, 6.07) is 4.10. The maximum Gasteiger partial charge on any atom is 0.411 e. The summed E-state index contributed by atoms with van der Waals surface area (Å²) in [7, 11) is 0. The minimum Gasteiger partial charge on any atom is -0.444 e. The third-order valence-corrected chi connectivity index (χ3v) is 4.92. The van der Waals surface area contributed by atoms with Crippen LogP contribution in [0.5, 0.6) is 0 Å².